The van der Waals surface area contributed by atoms with Crippen molar-refractivity contribution in [3.05, 3.63) is 29.3 Å². The summed E-state index contributed by atoms with van der Waals surface area (Å²) in [4.78, 5) is 0. The van der Waals surface area contributed by atoms with E-state index in [0.717, 1.165) is 6.07 Å². The Hall–Kier alpha value is -1.63. The Labute approximate surface area is 74.0 Å². The van der Waals surface area contributed by atoms with Crippen LogP contribution in [0.5, 0.6) is 5.75 Å². The molecule has 1 rings (SSSR count). The molecule has 2 nitrogen and oxygen atoms in total. The Balaban J connectivity index is 3.05. The van der Waals surface area contributed by atoms with Crippen molar-refractivity contribution in [1.29, 1.82) is 5.26 Å². The summed E-state index contributed by atoms with van der Waals surface area (Å²) in [6.45, 7) is 0. The van der Waals surface area contributed by atoms with E-state index in [1.54, 1.807) is 0 Å². The summed E-state index contributed by atoms with van der Waals surface area (Å²) in [6, 6.07) is 5.61. The molecule has 1 N–H and O–H groups in total. The van der Waals surface area contributed by atoms with Crippen molar-refractivity contribution in [2.75, 3.05) is 0 Å². The minimum absolute atomic E-state index is 0.0694. The largest absolute Gasteiger partial charge is 0.507 e. The maximum Gasteiger partial charge on any atom is 0.267 e. The third-order valence-electron chi connectivity index (χ3n) is 1.61. The molecule has 0 aliphatic heterocycles. The molecule has 0 aliphatic rings. The topological polar surface area (TPSA) is 44.0 Å². The first-order valence-electron chi connectivity index (χ1n) is 3.62. The van der Waals surface area contributed by atoms with Crippen molar-refractivity contribution in [3.8, 4) is 11.8 Å². The fraction of sp³-hybridized carbons (Fsp3) is 0.222. The normalized spacial score (nSPS) is 10.0. The van der Waals surface area contributed by atoms with E-state index < -0.39 is 17.7 Å². The van der Waals surface area contributed by atoms with Gasteiger partial charge in [0, 0.05) is 0 Å². The number of alkyl halides is 2. The predicted octanol–water partition coefficient (Wildman–Crippen LogP) is 2.40. The number of phenols is 1. The highest BCUT2D eigenvalue weighted by molar-refractivity contribution is 5.37. The van der Waals surface area contributed by atoms with Gasteiger partial charge in [0.15, 0.2) is 0 Å². The standard InChI is InChI=1S/C9H7F2NO/c10-9(11)7-5-6(3-4-12)1-2-8(7)13/h1-2,5,9,13H,3H2. The van der Waals surface area contributed by atoms with Crippen LogP contribution in [0.4, 0.5) is 8.78 Å². The van der Waals surface area contributed by atoms with Crippen molar-refractivity contribution < 1.29 is 13.9 Å². The van der Waals surface area contributed by atoms with Gasteiger partial charge in [0.1, 0.15) is 5.75 Å². The predicted molar refractivity (Wildman–Crippen MR) is 42.4 cm³/mol. The van der Waals surface area contributed by atoms with Crippen molar-refractivity contribution in [2.45, 2.75) is 12.8 Å². The van der Waals surface area contributed by atoms with Crippen LogP contribution in [0.15, 0.2) is 18.2 Å². The van der Waals surface area contributed by atoms with E-state index >= 15 is 0 Å². The van der Waals surface area contributed by atoms with Crippen LogP contribution in [-0.2, 0) is 6.42 Å². The second kappa shape index (κ2) is 3.85. The summed E-state index contributed by atoms with van der Waals surface area (Å²) >= 11 is 0. The number of nitrogens with zero attached hydrogens (tertiary/aromatic N) is 1. The van der Waals surface area contributed by atoms with E-state index in [2.05, 4.69) is 0 Å². The van der Waals surface area contributed by atoms with Crippen molar-refractivity contribution in [3.63, 3.8) is 0 Å². The van der Waals surface area contributed by atoms with Crippen LogP contribution in [0.1, 0.15) is 17.6 Å². The Kier molecular flexibility index (Phi) is 2.80. The molecule has 0 amide bonds. The van der Waals surface area contributed by atoms with Gasteiger partial charge in [-0.3, -0.25) is 0 Å². The molecule has 0 spiro atoms. The van der Waals surface area contributed by atoms with Gasteiger partial charge in [-0.1, -0.05) is 6.07 Å². The molecular weight excluding hydrogens is 176 g/mol. The maximum absolute atomic E-state index is 12.2. The lowest BCUT2D eigenvalue weighted by molar-refractivity contribution is 0.147. The number of rotatable bonds is 2. The molecule has 0 aromatic heterocycles. The van der Waals surface area contributed by atoms with E-state index in [1.165, 1.54) is 12.1 Å². The SMILES string of the molecule is N#CCc1ccc(O)c(C(F)F)c1. The first-order chi connectivity index (χ1) is 6.15. The first kappa shape index (κ1) is 9.46. The number of nitriles is 1. The summed E-state index contributed by atoms with van der Waals surface area (Å²) in [5, 5.41) is 17.3. The minimum atomic E-state index is -2.71. The van der Waals surface area contributed by atoms with Crippen LogP contribution in [-0.4, -0.2) is 5.11 Å². The maximum atomic E-state index is 12.2. The number of hydrogen-bond acceptors (Lipinski definition) is 2. The quantitative estimate of drug-likeness (QED) is 0.765. The molecule has 1 aromatic rings. The van der Waals surface area contributed by atoms with Crippen LogP contribution in [0.2, 0.25) is 0 Å². The number of halogens is 2. The molecule has 0 atom stereocenters. The van der Waals surface area contributed by atoms with Gasteiger partial charge in [0.2, 0.25) is 0 Å². The number of benzene rings is 1. The zero-order valence-electron chi connectivity index (χ0n) is 6.67. The number of aromatic hydroxyl groups is 1. The molecular formula is C9H7F2NO. The van der Waals surface area contributed by atoms with Crippen LogP contribution >= 0.6 is 0 Å². The van der Waals surface area contributed by atoms with E-state index in [1.807, 2.05) is 6.07 Å². The molecule has 0 saturated heterocycles. The van der Waals surface area contributed by atoms with Gasteiger partial charge in [-0.05, 0) is 17.7 Å². The lowest BCUT2D eigenvalue weighted by Gasteiger charge is -2.04. The zero-order valence-corrected chi connectivity index (χ0v) is 6.67. The van der Waals surface area contributed by atoms with Gasteiger partial charge in [0.25, 0.3) is 6.43 Å². The fourth-order valence-corrected chi connectivity index (χ4v) is 0.980. The highest BCUT2D eigenvalue weighted by Gasteiger charge is 2.12. The van der Waals surface area contributed by atoms with Crippen molar-refractivity contribution >= 4 is 0 Å². The summed E-state index contributed by atoms with van der Waals surface area (Å²) in [6.07, 6.45) is -2.64. The van der Waals surface area contributed by atoms with Crippen molar-refractivity contribution in [1.82, 2.24) is 0 Å². The first-order valence-corrected chi connectivity index (χ1v) is 3.62. The van der Waals surface area contributed by atoms with E-state index in [0.29, 0.717) is 5.56 Å². The third-order valence-corrected chi connectivity index (χ3v) is 1.61. The Bertz CT molecular complexity index is 344. The number of phenolic OH excluding ortho intramolecular Hbond substituents is 1. The molecule has 0 fully saturated rings. The molecule has 13 heavy (non-hydrogen) atoms. The van der Waals surface area contributed by atoms with Gasteiger partial charge < -0.3 is 5.11 Å². The van der Waals surface area contributed by atoms with Crippen LogP contribution in [0.3, 0.4) is 0 Å². The number of hydrogen-bond donors (Lipinski definition) is 1. The monoisotopic (exact) mass is 183 g/mol. The van der Waals surface area contributed by atoms with E-state index in [-0.39, 0.29) is 6.42 Å². The molecule has 4 heteroatoms. The van der Waals surface area contributed by atoms with Gasteiger partial charge in [-0.25, -0.2) is 8.78 Å². The van der Waals surface area contributed by atoms with Crippen LogP contribution in [0.25, 0.3) is 0 Å². The smallest absolute Gasteiger partial charge is 0.267 e. The lowest BCUT2D eigenvalue weighted by Crippen LogP contribution is -1.89. The Morgan fingerprint density at radius 2 is 2.15 bits per heavy atom. The lowest BCUT2D eigenvalue weighted by atomic mass is 10.1. The zero-order chi connectivity index (χ0) is 9.84. The van der Waals surface area contributed by atoms with Gasteiger partial charge in [-0.15, -0.1) is 0 Å². The summed E-state index contributed by atoms with van der Waals surface area (Å²) < 4.78 is 24.4. The second-order valence-corrected chi connectivity index (χ2v) is 2.53. The third kappa shape index (κ3) is 2.15. The van der Waals surface area contributed by atoms with Gasteiger partial charge >= 0.3 is 0 Å². The molecule has 0 radical (unpaired) electrons. The average molecular weight is 183 g/mol. The molecule has 0 heterocycles. The van der Waals surface area contributed by atoms with Crippen LogP contribution < -0.4 is 0 Å². The summed E-state index contributed by atoms with van der Waals surface area (Å²) in [5.74, 6) is -0.434. The second-order valence-electron chi connectivity index (χ2n) is 2.53. The molecule has 0 bridgehead atoms. The Morgan fingerprint density at radius 1 is 1.46 bits per heavy atom. The van der Waals surface area contributed by atoms with Crippen LogP contribution in [0, 0.1) is 11.3 Å². The van der Waals surface area contributed by atoms with Crippen molar-refractivity contribution in [2.24, 2.45) is 0 Å². The Morgan fingerprint density at radius 3 is 2.69 bits per heavy atom. The molecule has 0 saturated carbocycles. The molecule has 1 aromatic carbocycles. The van der Waals surface area contributed by atoms with Gasteiger partial charge in [0.05, 0.1) is 18.1 Å². The minimum Gasteiger partial charge on any atom is -0.507 e. The molecule has 0 aliphatic carbocycles. The highest BCUT2D eigenvalue weighted by atomic mass is 19.3. The molecule has 0 unspecified atom stereocenters. The van der Waals surface area contributed by atoms with E-state index in [9.17, 15) is 8.78 Å². The molecule has 68 valence electrons. The summed E-state index contributed by atoms with van der Waals surface area (Å²) in [5.41, 5.74) is 0.0587. The highest BCUT2D eigenvalue weighted by Crippen LogP contribution is 2.28. The van der Waals surface area contributed by atoms with E-state index in [4.69, 9.17) is 10.4 Å². The average Bonchev–Trinajstić information content (AvgIpc) is 2.08. The summed E-state index contributed by atoms with van der Waals surface area (Å²) in [7, 11) is 0. The fourth-order valence-electron chi connectivity index (χ4n) is 0.980. The van der Waals surface area contributed by atoms with Gasteiger partial charge in [-0.2, -0.15) is 5.26 Å².